The smallest absolute Gasteiger partial charge is 0.225 e. The van der Waals surface area contributed by atoms with Crippen molar-refractivity contribution in [2.24, 2.45) is 0 Å². The summed E-state index contributed by atoms with van der Waals surface area (Å²) in [5.41, 5.74) is 0.746. The fraction of sp³-hybridized carbons (Fsp3) is 0.714. The largest absolute Gasteiger partial charge is 0.355 e. The maximum absolute atomic E-state index is 11.7. The SMILES string of the molecule is Cc1cc(N(C)C2CCS(=O)(=O)C2)nc(NC2CCS(=O)(=O)C2)n1. The van der Waals surface area contributed by atoms with Crippen molar-refractivity contribution in [2.45, 2.75) is 31.8 Å². The number of aromatic nitrogens is 2. The highest BCUT2D eigenvalue weighted by Crippen LogP contribution is 2.23. The predicted octanol–water partition coefficient (Wildman–Crippen LogP) is 0.00732. The van der Waals surface area contributed by atoms with Gasteiger partial charge < -0.3 is 10.2 Å². The van der Waals surface area contributed by atoms with Gasteiger partial charge in [0, 0.05) is 30.9 Å². The van der Waals surface area contributed by atoms with Crippen LogP contribution in [0.25, 0.3) is 0 Å². The van der Waals surface area contributed by atoms with Crippen LogP contribution in [0.2, 0.25) is 0 Å². The van der Waals surface area contributed by atoms with E-state index in [1.54, 1.807) is 0 Å². The molecular formula is C14H22N4O4S2. The first-order valence-corrected chi connectivity index (χ1v) is 11.5. The maximum Gasteiger partial charge on any atom is 0.225 e. The molecule has 0 spiro atoms. The molecule has 10 heteroatoms. The van der Waals surface area contributed by atoms with Crippen LogP contribution in [-0.2, 0) is 19.7 Å². The second-order valence-corrected chi connectivity index (χ2v) is 11.1. The van der Waals surface area contributed by atoms with Gasteiger partial charge in [0.05, 0.1) is 23.0 Å². The highest BCUT2D eigenvalue weighted by Gasteiger charge is 2.32. The number of sulfone groups is 2. The van der Waals surface area contributed by atoms with Gasteiger partial charge in [0.1, 0.15) is 5.82 Å². The van der Waals surface area contributed by atoms with Crippen molar-refractivity contribution in [3.05, 3.63) is 11.8 Å². The Bertz CT molecular complexity index is 838. The quantitative estimate of drug-likeness (QED) is 0.785. The van der Waals surface area contributed by atoms with Crippen LogP contribution < -0.4 is 10.2 Å². The van der Waals surface area contributed by atoms with Gasteiger partial charge in [0.15, 0.2) is 19.7 Å². The van der Waals surface area contributed by atoms with Crippen molar-refractivity contribution >= 4 is 31.4 Å². The predicted molar refractivity (Wildman–Crippen MR) is 92.9 cm³/mol. The minimum atomic E-state index is -2.97. The Labute approximate surface area is 142 Å². The third-order valence-electron chi connectivity index (χ3n) is 4.52. The van der Waals surface area contributed by atoms with Gasteiger partial charge in [-0.05, 0) is 19.8 Å². The molecule has 3 rings (SSSR count). The number of nitrogens with one attached hydrogen (secondary N) is 1. The first kappa shape index (κ1) is 17.4. The molecule has 2 saturated heterocycles. The minimum absolute atomic E-state index is 0.0935. The molecule has 1 aromatic rings. The molecule has 0 aromatic carbocycles. The Morgan fingerprint density at radius 3 is 2.33 bits per heavy atom. The molecule has 0 bridgehead atoms. The van der Waals surface area contributed by atoms with Crippen LogP contribution >= 0.6 is 0 Å². The molecule has 0 aliphatic carbocycles. The number of anilines is 2. The average Bonchev–Trinajstić information content (AvgIpc) is 2.99. The van der Waals surface area contributed by atoms with Crippen molar-refractivity contribution < 1.29 is 16.8 Å². The molecule has 1 N–H and O–H groups in total. The Kier molecular flexibility index (Phi) is 4.45. The maximum atomic E-state index is 11.7. The summed E-state index contributed by atoms with van der Waals surface area (Å²) >= 11 is 0. The summed E-state index contributed by atoms with van der Waals surface area (Å²) in [6, 6.07) is 1.53. The normalized spacial score (nSPS) is 27.9. The first-order chi connectivity index (χ1) is 11.1. The van der Waals surface area contributed by atoms with Gasteiger partial charge >= 0.3 is 0 Å². The van der Waals surface area contributed by atoms with Crippen LogP contribution in [-0.4, -0.2) is 68.9 Å². The number of hydrogen-bond donors (Lipinski definition) is 1. The molecule has 0 amide bonds. The average molecular weight is 374 g/mol. The minimum Gasteiger partial charge on any atom is -0.355 e. The zero-order valence-electron chi connectivity index (χ0n) is 13.8. The van der Waals surface area contributed by atoms with Gasteiger partial charge in [-0.2, -0.15) is 4.98 Å². The lowest BCUT2D eigenvalue weighted by molar-refractivity contribution is 0.599. The standard InChI is InChI=1S/C14H22N4O4S2/c1-10-7-13(18(2)12-4-6-24(21,22)9-12)17-14(15-10)16-11-3-5-23(19,20)8-11/h7,11-12H,3-6,8-9H2,1-2H3,(H,15,16,17). The molecule has 0 radical (unpaired) electrons. The molecule has 1 aromatic heterocycles. The lowest BCUT2D eigenvalue weighted by atomic mass is 10.2. The van der Waals surface area contributed by atoms with Gasteiger partial charge in [0.2, 0.25) is 5.95 Å². The molecule has 3 heterocycles. The molecule has 8 nitrogen and oxygen atoms in total. The van der Waals surface area contributed by atoms with Crippen LogP contribution in [0.1, 0.15) is 18.5 Å². The van der Waals surface area contributed by atoms with Gasteiger partial charge in [-0.25, -0.2) is 21.8 Å². The molecule has 134 valence electrons. The van der Waals surface area contributed by atoms with Crippen LogP contribution in [0.15, 0.2) is 6.07 Å². The van der Waals surface area contributed by atoms with E-state index in [-0.39, 0.29) is 35.1 Å². The van der Waals surface area contributed by atoms with Crippen molar-refractivity contribution in [1.82, 2.24) is 9.97 Å². The van der Waals surface area contributed by atoms with E-state index >= 15 is 0 Å². The molecular weight excluding hydrogens is 352 g/mol. The number of rotatable bonds is 4. The lowest BCUT2D eigenvalue weighted by Crippen LogP contribution is -2.33. The molecule has 2 unspecified atom stereocenters. The fourth-order valence-electron chi connectivity index (χ4n) is 3.16. The van der Waals surface area contributed by atoms with E-state index in [0.717, 1.165) is 5.69 Å². The van der Waals surface area contributed by atoms with Gasteiger partial charge in [0.25, 0.3) is 0 Å². The van der Waals surface area contributed by atoms with Crippen molar-refractivity contribution in [3.8, 4) is 0 Å². The topological polar surface area (TPSA) is 109 Å². The number of hydrogen-bond acceptors (Lipinski definition) is 8. The third-order valence-corrected chi connectivity index (χ3v) is 8.04. The first-order valence-electron chi connectivity index (χ1n) is 7.89. The van der Waals surface area contributed by atoms with Crippen molar-refractivity contribution in [2.75, 3.05) is 40.3 Å². The van der Waals surface area contributed by atoms with E-state index in [1.807, 2.05) is 24.9 Å². The summed E-state index contributed by atoms with van der Waals surface area (Å²) in [4.78, 5) is 10.6. The number of aryl methyl sites for hydroxylation is 1. The zero-order valence-corrected chi connectivity index (χ0v) is 15.4. The molecule has 2 fully saturated rings. The molecule has 2 aliphatic rings. The van der Waals surface area contributed by atoms with E-state index in [1.165, 1.54) is 0 Å². The summed E-state index contributed by atoms with van der Waals surface area (Å²) in [7, 11) is -4.11. The summed E-state index contributed by atoms with van der Waals surface area (Å²) in [6.07, 6.45) is 1.14. The van der Waals surface area contributed by atoms with E-state index in [9.17, 15) is 16.8 Å². The summed E-state index contributed by atoms with van der Waals surface area (Å²) in [5, 5.41) is 3.09. The molecule has 2 atom stereocenters. The molecule has 2 aliphatic heterocycles. The highest BCUT2D eigenvalue weighted by molar-refractivity contribution is 7.91. The second-order valence-electron chi connectivity index (χ2n) is 6.60. The van der Waals surface area contributed by atoms with Gasteiger partial charge in [-0.3, -0.25) is 0 Å². The van der Waals surface area contributed by atoms with E-state index in [4.69, 9.17) is 0 Å². The fourth-order valence-corrected chi connectivity index (χ4v) is 6.60. The van der Waals surface area contributed by atoms with Crippen molar-refractivity contribution in [3.63, 3.8) is 0 Å². The van der Waals surface area contributed by atoms with Crippen LogP contribution in [0.4, 0.5) is 11.8 Å². The van der Waals surface area contributed by atoms with Crippen LogP contribution in [0, 0.1) is 6.92 Å². The van der Waals surface area contributed by atoms with E-state index in [0.29, 0.717) is 24.6 Å². The van der Waals surface area contributed by atoms with E-state index in [2.05, 4.69) is 15.3 Å². The summed E-state index contributed by atoms with van der Waals surface area (Å²) in [5.74, 6) is 1.65. The highest BCUT2D eigenvalue weighted by atomic mass is 32.2. The third kappa shape index (κ3) is 3.97. The van der Waals surface area contributed by atoms with Crippen LogP contribution in [0.5, 0.6) is 0 Å². The Morgan fingerprint density at radius 1 is 1.08 bits per heavy atom. The second kappa shape index (κ2) is 6.14. The Balaban J connectivity index is 1.76. The Morgan fingerprint density at radius 2 is 1.75 bits per heavy atom. The molecule has 0 saturated carbocycles. The monoisotopic (exact) mass is 374 g/mol. The van der Waals surface area contributed by atoms with Gasteiger partial charge in [-0.15, -0.1) is 0 Å². The Hall–Kier alpha value is -1.42. The van der Waals surface area contributed by atoms with Gasteiger partial charge in [-0.1, -0.05) is 0 Å². The molecule has 24 heavy (non-hydrogen) atoms. The van der Waals surface area contributed by atoms with Crippen LogP contribution in [0.3, 0.4) is 0 Å². The summed E-state index contributed by atoms with van der Waals surface area (Å²) < 4.78 is 46.5. The lowest BCUT2D eigenvalue weighted by Gasteiger charge is -2.25. The van der Waals surface area contributed by atoms with Crippen molar-refractivity contribution in [1.29, 1.82) is 0 Å². The van der Waals surface area contributed by atoms with E-state index < -0.39 is 19.7 Å². The zero-order chi connectivity index (χ0) is 17.5. The number of nitrogens with zero attached hydrogens (tertiary/aromatic N) is 3. The summed E-state index contributed by atoms with van der Waals surface area (Å²) in [6.45, 7) is 1.83.